The van der Waals surface area contributed by atoms with Gasteiger partial charge in [0.15, 0.2) is 0 Å². The summed E-state index contributed by atoms with van der Waals surface area (Å²) in [5.74, 6) is -2.99. The summed E-state index contributed by atoms with van der Waals surface area (Å²) in [5, 5.41) is 10.2. The van der Waals surface area contributed by atoms with Gasteiger partial charge < -0.3 is 15.7 Å². The molecule has 0 radical (unpaired) electrons. The SMILES string of the molecule is CC1(O)CC(C(=O)N(CC23CCC(c4ccc(C(C)(F)F)cn4)(CC2)CC3)c2cccc(N)c2)C1. The summed E-state index contributed by atoms with van der Waals surface area (Å²) < 4.78 is 27.3. The van der Waals surface area contributed by atoms with Crippen molar-refractivity contribution < 1.29 is 18.7 Å². The normalized spacial score (nSPS) is 32.2. The van der Waals surface area contributed by atoms with Crippen molar-refractivity contribution in [2.45, 2.75) is 82.2 Å². The lowest BCUT2D eigenvalue weighted by Crippen LogP contribution is -2.54. The molecule has 4 saturated carbocycles. The fourth-order valence-electron chi connectivity index (χ4n) is 6.57. The summed E-state index contributed by atoms with van der Waals surface area (Å²) in [6, 6.07) is 10.8. The van der Waals surface area contributed by atoms with E-state index in [0.29, 0.717) is 25.1 Å². The second-order valence-electron chi connectivity index (χ2n) is 11.7. The number of hydrogen-bond acceptors (Lipinski definition) is 4. The van der Waals surface area contributed by atoms with Crippen molar-refractivity contribution in [1.29, 1.82) is 0 Å². The maximum Gasteiger partial charge on any atom is 0.272 e. The van der Waals surface area contributed by atoms with Crippen molar-refractivity contribution in [3.8, 4) is 0 Å². The number of carbonyl (C=O) groups is 1. The number of anilines is 2. The predicted octanol–water partition coefficient (Wildman–Crippen LogP) is 5.56. The van der Waals surface area contributed by atoms with Gasteiger partial charge in [-0.1, -0.05) is 6.07 Å². The van der Waals surface area contributed by atoms with Crippen LogP contribution in [0.1, 0.15) is 76.5 Å². The minimum absolute atomic E-state index is 0.0185. The number of carbonyl (C=O) groups excluding carboxylic acids is 1. The first kappa shape index (κ1) is 24.2. The maximum atomic E-state index is 13.7. The van der Waals surface area contributed by atoms with Crippen LogP contribution in [0.3, 0.4) is 0 Å². The molecule has 4 aliphatic rings. The zero-order chi connectivity index (χ0) is 25.1. The molecule has 4 fully saturated rings. The van der Waals surface area contributed by atoms with Crippen molar-refractivity contribution >= 4 is 17.3 Å². The number of fused-ring (bicyclic) bond motifs is 3. The van der Waals surface area contributed by atoms with E-state index in [9.17, 15) is 18.7 Å². The first-order valence-corrected chi connectivity index (χ1v) is 12.6. The van der Waals surface area contributed by atoms with Gasteiger partial charge in [-0.05, 0) is 94.0 Å². The van der Waals surface area contributed by atoms with E-state index >= 15 is 0 Å². The second kappa shape index (κ2) is 8.26. The molecule has 6 rings (SSSR count). The number of aliphatic hydroxyl groups is 1. The second-order valence-corrected chi connectivity index (χ2v) is 11.7. The van der Waals surface area contributed by atoms with E-state index < -0.39 is 11.5 Å². The van der Waals surface area contributed by atoms with Crippen LogP contribution >= 0.6 is 0 Å². The number of rotatable bonds is 6. The molecule has 0 saturated heterocycles. The highest BCUT2D eigenvalue weighted by Crippen LogP contribution is 2.58. The third kappa shape index (κ3) is 4.55. The van der Waals surface area contributed by atoms with Crippen LogP contribution in [0, 0.1) is 11.3 Å². The standard InChI is InChI=1S/C28H35F2N3O2/c1-25(35)15-19(16-25)24(34)33(22-5-3-4-21(31)14-22)18-27-8-11-28(12-9-27,13-10-27)23-7-6-20(17-32-23)26(2,29)30/h3-7,14,17,19,35H,8-13,15-16,18,31H2,1-2H3. The average molecular weight is 484 g/mol. The Hall–Kier alpha value is -2.54. The van der Waals surface area contributed by atoms with Crippen molar-refractivity contribution in [3.05, 3.63) is 53.9 Å². The smallest absolute Gasteiger partial charge is 0.272 e. The van der Waals surface area contributed by atoms with Crippen molar-refractivity contribution in [3.63, 3.8) is 0 Å². The topological polar surface area (TPSA) is 79.5 Å². The molecule has 1 amide bonds. The molecule has 1 aromatic heterocycles. The summed E-state index contributed by atoms with van der Waals surface area (Å²) in [6.07, 6.45) is 8.03. The molecule has 35 heavy (non-hydrogen) atoms. The monoisotopic (exact) mass is 483 g/mol. The van der Waals surface area contributed by atoms with Crippen molar-refractivity contribution in [2.75, 3.05) is 17.2 Å². The number of halogens is 2. The highest BCUT2D eigenvalue weighted by molar-refractivity contribution is 5.96. The highest BCUT2D eigenvalue weighted by Gasteiger charge is 2.52. The molecule has 7 heteroatoms. The van der Waals surface area contributed by atoms with Crippen LogP contribution in [-0.4, -0.2) is 28.1 Å². The summed E-state index contributed by atoms with van der Waals surface area (Å²) in [7, 11) is 0. The third-order valence-electron chi connectivity index (χ3n) is 8.88. The fraction of sp³-hybridized carbons (Fsp3) is 0.571. The Morgan fingerprint density at radius 2 is 1.80 bits per heavy atom. The number of amides is 1. The molecule has 2 aromatic rings. The highest BCUT2D eigenvalue weighted by atomic mass is 19.3. The van der Waals surface area contributed by atoms with Crippen LogP contribution in [0.5, 0.6) is 0 Å². The van der Waals surface area contributed by atoms with Crippen molar-refractivity contribution in [2.24, 2.45) is 11.3 Å². The maximum absolute atomic E-state index is 13.7. The van der Waals surface area contributed by atoms with E-state index in [1.165, 1.54) is 12.3 Å². The van der Waals surface area contributed by atoms with Gasteiger partial charge in [-0.15, -0.1) is 0 Å². The molecule has 188 valence electrons. The fourth-order valence-corrected chi connectivity index (χ4v) is 6.57. The summed E-state index contributed by atoms with van der Waals surface area (Å²) in [4.78, 5) is 20.0. The van der Waals surface area contributed by atoms with E-state index in [2.05, 4.69) is 4.98 Å². The summed E-state index contributed by atoms with van der Waals surface area (Å²) >= 11 is 0. The number of nitrogens with zero attached hydrogens (tertiary/aromatic N) is 2. The largest absolute Gasteiger partial charge is 0.399 e. The van der Waals surface area contributed by atoms with Crippen LogP contribution in [-0.2, 0) is 16.1 Å². The molecule has 5 nitrogen and oxygen atoms in total. The molecule has 3 N–H and O–H groups in total. The Morgan fingerprint density at radius 3 is 2.31 bits per heavy atom. The predicted molar refractivity (Wildman–Crippen MR) is 132 cm³/mol. The van der Waals surface area contributed by atoms with Gasteiger partial charge in [0.2, 0.25) is 5.91 Å². The Balaban J connectivity index is 1.34. The molecule has 0 atom stereocenters. The molecule has 0 unspecified atom stereocenters. The van der Waals surface area contributed by atoms with E-state index in [0.717, 1.165) is 56.8 Å². The Morgan fingerprint density at radius 1 is 1.14 bits per heavy atom. The van der Waals surface area contributed by atoms with Gasteiger partial charge in [0.1, 0.15) is 0 Å². The minimum atomic E-state index is -2.89. The van der Waals surface area contributed by atoms with Gasteiger partial charge in [-0.2, -0.15) is 0 Å². The molecule has 0 aliphatic heterocycles. The Bertz CT molecular complexity index is 1080. The van der Waals surface area contributed by atoms with Crippen LogP contribution < -0.4 is 10.6 Å². The van der Waals surface area contributed by atoms with E-state index in [1.807, 2.05) is 29.2 Å². The molecule has 0 spiro atoms. The van der Waals surface area contributed by atoms with Gasteiger partial charge >= 0.3 is 0 Å². The summed E-state index contributed by atoms with van der Waals surface area (Å²) in [5.41, 5.74) is 7.55. The average Bonchev–Trinajstić information content (AvgIpc) is 2.81. The lowest BCUT2D eigenvalue weighted by atomic mass is 9.52. The Labute approximate surface area is 205 Å². The van der Waals surface area contributed by atoms with Crippen molar-refractivity contribution in [1.82, 2.24) is 4.98 Å². The van der Waals surface area contributed by atoms with Gasteiger partial charge in [-0.25, -0.2) is 8.78 Å². The molecular weight excluding hydrogens is 448 g/mol. The molecule has 1 aromatic carbocycles. The van der Waals surface area contributed by atoms with Crippen LogP contribution in [0.25, 0.3) is 0 Å². The lowest BCUT2D eigenvalue weighted by molar-refractivity contribution is -0.137. The minimum Gasteiger partial charge on any atom is -0.399 e. The molecule has 2 bridgehead atoms. The quantitative estimate of drug-likeness (QED) is 0.527. The molecular formula is C28H35F2N3O2. The van der Waals surface area contributed by atoms with Gasteiger partial charge in [0.25, 0.3) is 5.92 Å². The number of nitrogens with two attached hydrogens (primary N) is 1. The van der Waals surface area contributed by atoms with Crippen LogP contribution in [0.2, 0.25) is 0 Å². The van der Waals surface area contributed by atoms with Gasteiger partial charge in [0.05, 0.1) is 5.60 Å². The van der Waals surface area contributed by atoms with Gasteiger partial charge in [-0.3, -0.25) is 9.78 Å². The van der Waals surface area contributed by atoms with E-state index in [-0.39, 0.29) is 28.2 Å². The number of alkyl halides is 2. The number of benzene rings is 1. The van der Waals surface area contributed by atoms with Gasteiger partial charge in [0, 0.05) is 53.6 Å². The number of hydrogen-bond donors (Lipinski definition) is 2. The third-order valence-corrected chi connectivity index (χ3v) is 8.88. The van der Waals surface area contributed by atoms with E-state index in [4.69, 9.17) is 5.73 Å². The molecule has 1 heterocycles. The first-order chi connectivity index (χ1) is 16.4. The zero-order valence-corrected chi connectivity index (χ0v) is 20.6. The Kier molecular flexibility index (Phi) is 5.70. The number of pyridine rings is 1. The number of nitrogen functional groups attached to an aromatic ring is 1. The zero-order valence-electron chi connectivity index (χ0n) is 20.6. The first-order valence-electron chi connectivity index (χ1n) is 12.6. The summed E-state index contributed by atoms with van der Waals surface area (Å²) in [6.45, 7) is 3.32. The van der Waals surface area contributed by atoms with Crippen LogP contribution in [0.15, 0.2) is 42.6 Å². The number of aromatic nitrogens is 1. The lowest BCUT2D eigenvalue weighted by Gasteiger charge is -2.55. The van der Waals surface area contributed by atoms with E-state index in [1.54, 1.807) is 13.0 Å². The van der Waals surface area contributed by atoms with Crippen LogP contribution in [0.4, 0.5) is 20.2 Å². The molecule has 4 aliphatic carbocycles.